The number of carbonyl (C=O) groups is 1. The lowest BCUT2D eigenvalue weighted by atomic mass is 9.85. The van der Waals surface area contributed by atoms with Gasteiger partial charge >= 0.3 is 0 Å². The summed E-state index contributed by atoms with van der Waals surface area (Å²) in [6, 6.07) is 0. The molecule has 0 spiro atoms. The summed E-state index contributed by atoms with van der Waals surface area (Å²) in [6.45, 7) is 2.81. The number of carbonyl (C=O) groups excluding carboxylic acids is 1. The maximum atomic E-state index is 12.3. The summed E-state index contributed by atoms with van der Waals surface area (Å²) < 4.78 is 25.6. The summed E-state index contributed by atoms with van der Waals surface area (Å²) in [5.74, 6) is 0.707. The van der Waals surface area contributed by atoms with Crippen LogP contribution in [0.4, 0.5) is 0 Å². The smallest absolute Gasteiger partial charge is 0.228 e. The molecule has 1 unspecified atom stereocenters. The van der Waals surface area contributed by atoms with Crippen LogP contribution in [0.15, 0.2) is 11.8 Å². The van der Waals surface area contributed by atoms with Crippen LogP contribution in [0.5, 0.6) is 0 Å². The molecule has 1 saturated heterocycles. The highest BCUT2D eigenvalue weighted by Gasteiger charge is 2.29. The van der Waals surface area contributed by atoms with Crippen molar-refractivity contribution in [3.8, 4) is 0 Å². The minimum Gasteiger partial charge on any atom is -0.316 e. The first-order valence-electron chi connectivity index (χ1n) is 8.01. The summed E-state index contributed by atoms with van der Waals surface area (Å²) in [5.41, 5.74) is 1.19. The Morgan fingerprint density at radius 1 is 1.38 bits per heavy atom. The molecule has 0 aromatic carbocycles. The minimum absolute atomic E-state index is 0.0482. The molecule has 1 fully saturated rings. The third-order valence-corrected chi connectivity index (χ3v) is 5.80. The highest BCUT2D eigenvalue weighted by molar-refractivity contribution is 7.89. The Hall–Kier alpha value is -0.880. The maximum absolute atomic E-state index is 12.3. The Bertz CT molecular complexity index is 499. The Labute approximate surface area is 127 Å². The summed E-state index contributed by atoms with van der Waals surface area (Å²) in [7, 11) is -3.22. The number of fused-ring (bicyclic) bond motifs is 1. The van der Waals surface area contributed by atoms with Crippen molar-refractivity contribution in [3.63, 3.8) is 0 Å². The van der Waals surface area contributed by atoms with Crippen LogP contribution in [0.3, 0.4) is 0 Å². The van der Waals surface area contributed by atoms with Crippen LogP contribution >= 0.6 is 0 Å². The Morgan fingerprint density at radius 3 is 2.90 bits per heavy atom. The van der Waals surface area contributed by atoms with Crippen molar-refractivity contribution in [3.05, 3.63) is 11.8 Å². The first-order chi connectivity index (χ1) is 10.0. The van der Waals surface area contributed by atoms with Crippen molar-refractivity contribution < 1.29 is 13.2 Å². The van der Waals surface area contributed by atoms with Crippen LogP contribution < -0.4 is 4.72 Å². The molecule has 21 heavy (non-hydrogen) atoms. The van der Waals surface area contributed by atoms with E-state index in [4.69, 9.17) is 0 Å². The van der Waals surface area contributed by atoms with E-state index in [1.54, 1.807) is 0 Å². The number of hydrogen-bond donors (Lipinski definition) is 1. The van der Waals surface area contributed by atoms with E-state index in [2.05, 4.69) is 10.8 Å². The van der Waals surface area contributed by atoms with Crippen molar-refractivity contribution in [2.75, 3.05) is 18.8 Å². The topological polar surface area (TPSA) is 66.5 Å². The fourth-order valence-corrected chi connectivity index (χ4v) is 4.33. The van der Waals surface area contributed by atoms with Crippen LogP contribution in [0.1, 0.15) is 51.9 Å². The lowest BCUT2D eigenvalue weighted by Crippen LogP contribution is -2.40. The quantitative estimate of drug-likeness (QED) is 0.815. The fourth-order valence-electron chi connectivity index (χ4n) is 3.23. The Morgan fingerprint density at radius 2 is 2.14 bits per heavy atom. The molecule has 1 aliphatic heterocycles. The van der Waals surface area contributed by atoms with Gasteiger partial charge in [-0.3, -0.25) is 4.79 Å². The second-order valence-electron chi connectivity index (χ2n) is 5.91. The van der Waals surface area contributed by atoms with Crippen molar-refractivity contribution in [2.45, 2.75) is 51.9 Å². The van der Waals surface area contributed by atoms with Crippen LogP contribution in [-0.2, 0) is 14.8 Å². The third-order valence-electron chi connectivity index (χ3n) is 4.21. The molecule has 0 saturated carbocycles. The highest BCUT2D eigenvalue weighted by Crippen LogP contribution is 2.35. The standard InChI is InChI=1S/C15H26N2O3S/c1-2-12-21(19,20)16-10-9-15(18)17-11-5-7-13-6-3-4-8-14(13)17/h8,13,16H,2-7,9-12H2,1H3. The van der Waals surface area contributed by atoms with Crippen molar-refractivity contribution >= 4 is 15.9 Å². The molecule has 0 bridgehead atoms. The Balaban J connectivity index is 1.87. The molecule has 1 amide bonds. The number of allylic oxidation sites excluding steroid dienone is 2. The highest BCUT2D eigenvalue weighted by atomic mass is 32.2. The van der Waals surface area contributed by atoms with Crippen LogP contribution in [0.2, 0.25) is 0 Å². The first-order valence-corrected chi connectivity index (χ1v) is 9.66. The number of hydrogen-bond acceptors (Lipinski definition) is 3. The molecule has 6 heteroatoms. The zero-order valence-corrected chi connectivity index (χ0v) is 13.6. The van der Waals surface area contributed by atoms with E-state index >= 15 is 0 Å². The van der Waals surface area contributed by atoms with Gasteiger partial charge in [0, 0.05) is 25.2 Å². The zero-order valence-electron chi connectivity index (χ0n) is 12.8. The van der Waals surface area contributed by atoms with Gasteiger partial charge in [0.15, 0.2) is 0 Å². The van der Waals surface area contributed by atoms with Gasteiger partial charge in [0.05, 0.1) is 5.75 Å². The number of sulfonamides is 1. The van der Waals surface area contributed by atoms with Gasteiger partial charge in [0.1, 0.15) is 0 Å². The molecule has 1 aliphatic carbocycles. The van der Waals surface area contributed by atoms with E-state index in [0.29, 0.717) is 12.3 Å². The predicted molar refractivity (Wildman–Crippen MR) is 83.1 cm³/mol. The minimum atomic E-state index is -3.22. The number of piperidine rings is 1. The van der Waals surface area contributed by atoms with E-state index in [9.17, 15) is 13.2 Å². The molecule has 2 aliphatic rings. The second kappa shape index (κ2) is 7.40. The van der Waals surface area contributed by atoms with Gasteiger partial charge in [-0.25, -0.2) is 13.1 Å². The summed E-state index contributed by atoms with van der Waals surface area (Å²) in [6.07, 6.45) is 8.71. The lowest BCUT2D eigenvalue weighted by molar-refractivity contribution is -0.130. The normalized spacial score (nSPS) is 22.6. The van der Waals surface area contributed by atoms with Gasteiger partial charge in [-0.05, 0) is 44.4 Å². The molecule has 1 atom stereocenters. The summed E-state index contributed by atoms with van der Waals surface area (Å²) in [5, 5.41) is 0. The van der Waals surface area contributed by atoms with Gasteiger partial charge < -0.3 is 4.90 Å². The van der Waals surface area contributed by atoms with E-state index in [1.807, 2.05) is 11.8 Å². The monoisotopic (exact) mass is 314 g/mol. The van der Waals surface area contributed by atoms with E-state index < -0.39 is 10.0 Å². The molecule has 0 aromatic rings. The number of nitrogens with one attached hydrogen (secondary N) is 1. The first kappa shape index (κ1) is 16.5. The molecule has 5 nitrogen and oxygen atoms in total. The molecule has 2 rings (SSSR count). The van der Waals surface area contributed by atoms with Gasteiger partial charge in [0.2, 0.25) is 15.9 Å². The van der Waals surface area contributed by atoms with Crippen LogP contribution in [-0.4, -0.2) is 38.1 Å². The average molecular weight is 314 g/mol. The second-order valence-corrected chi connectivity index (χ2v) is 7.83. The number of rotatable bonds is 6. The zero-order chi connectivity index (χ0) is 15.3. The molecule has 120 valence electrons. The SMILES string of the molecule is CCCS(=O)(=O)NCCC(=O)N1CCCC2CCCC=C21. The van der Waals surface area contributed by atoms with E-state index in [-0.39, 0.29) is 24.6 Å². The number of nitrogens with zero attached hydrogens (tertiary/aromatic N) is 1. The van der Waals surface area contributed by atoms with Crippen molar-refractivity contribution in [1.29, 1.82) is 0 Å². The number of amides is 1. The summed E-state index contributed by atoms with van der Waals surface area (Å²) >= 11 is 0. The molecular formula is C15H26N2O3S. The predicted octanol–water partition coefficient (Wildman–Crippen LogP) is 2.01. The molecular weight excluding hydrogens is 288 g/mol. The largest absolute Gasteiger partial charge is 0.316 e. The van der Waals surface area contributed by atoms with Gasteiger partial charge in [-0.15, -0.1) is 0 Å². The third kappa shape index (κ3) is 4.54. The number of likely N-dealkylation sites (tertiary alicyclic amines) is 1. The van der Waals surface area contributed by atoms with Gasteiger partial charge in [-0.1, -0.05) is 13.0 Å². The Kier molecular flexibility index (Phi) is 5.81. The fraction of sp³-hybridized carbons (Fsp3) is 0.800. The van der Waals surface area contributed by atoms with Gasteiger partial charge in [0.25, 0.3) is 0 Å². The molecule has 1 N–H and O–H groups in total. The lowest BCUT2D eigenvalue weighted by Gasteiger charge is -2.38. The summed E-state index contributed by atoms with van der Waals surface area (Å²) in [4.78, 5) is 14.2. The van der Waals surface area contributed by atoms with Crippen molar-refractivity contribution in [2.24, 2.45) is 5.92 Å². The van der Waals surface area contributed by atoms with Crippen LogP contribution in [0.25, 0.3) is 0 Å². The van der Waals surface area contributed by atoms with Crippen LogP contribution in [0, 0.1) is 5.92 Å². The van der Waals surface area contributed by atoms with E-state index in [0.717, 1.165) is 19.4 Å². The molecule has 0 aromatic heterocycles. The van der Waals surface area contributed by atoms with Gasteiger partial charge in [-0.2, -0.15) is 0 Å². The van der Waals surface area contributed by atoms with E-state index in [1.165, 1.54) is 25.0 Å². The average Bonchev–Trinajstić information content (AvgIpc) is 2.46. The van der Waals surface area contributed by atoms with Crippen molar-refractivity contribution in [1.82, 2.24) is 9.62 Å². The molecule has 0 radical (unpaired) electrons. The molecule has 1 heterocycles. The maximum Gasteiger partial charge on any atom is 0.228 e.